The molecule has 0 N–H and O–H groups in total. The number of nitrogens with zero attached hydrogens (tertiary/aromatic N) is 5. The number of benzene rings is 1. The summed E-state index contributed by atoms with van der Waals surface area (Å²) in [6.45, 7) is 3.95. The summed E-state index contributed by atoms with van der Waals surface area (Å²) in [6, 6.07) is 9.62. The molecule has 1 amide bonds. The molecule has 3 aromatic rings. The third-order valence-electron chi connectivity index (χ3n) is 4.54. The number of hydrogen-bond acceptors (Lipinski definition) is 6. The van der Waals surface area contributed by atoms with Gasteiger partial charge in [0.25, 0.3) is 17.5 Å². The van der Waals surface area contributed by atoms with Gasteiger partial charge in [0.2, 0.25) is 0 Å². The Hall–Kier alpha value is -3.29. The van der Waals surface area contributed by atoms with Crippen LogP contribution in [0.4, 0.5) is 5.69 Å². The number of amides is 1. The molecule has 27 heavy (non-hydrogen) atoms. The van der Waals surface area contributed by atoms with Gasteiger partial charge in [0.15, 0.2) is 6.61 Å². The molecule has 8 heteroatoms. The number of aromatic nitrogens is 4. The minimum Gasteiger partial charge on any atom is -0.450 e. The summed E-state index contributed by atoms with van der Waals surface area (Å²) < 4.78 is 6.64. The van der Waals surface area contributed by atoms with Crippen LogP contribution in [-0.2, 0) is 16.0 Å². The monoisotopic (exact) mass is 365 g/mol. The van der Waals surface area contributed by atoms with Crippen LogP contribution < -0.4 is 4.90 Å². The highest BCUT2D eigenvalue weighted by Gasteiger charge is 2.24. The van der Waals surface area contributed by atoms with Gasteiger partial charge in [-0.25, -0.2) is 14.3 Å². The van der Waals surface area contributed by atoms with Crippen molar-refractivity contribution in [1.82, 2.24) is 19.6 Å². The quantitative estimate of drug-likeness (QED) is 0.659. The Balaban J connectivity index is 1.47. The minimum absolute atomic E-state index is 0.108. The fourth-order valence-corrected chi connectivity index (χ4v) is 3.32. The van der Waals surface area contributed by atoms with Crippen LogP contribution in [0.15, 0.2) is 30.3 Å². The standard InChI is InChI=1S/C19H19N5O3/c1-12-10-13(2)24-19(20-12)21-17(22-24)18(26)27-11-16(25)23-9-5-7-14-6-3-4-8-15(14)23/h3-4,6,8,10H,5,7,9,11H2,1-2H3. The average Bonchev–Trinajstić information content (AvgIpc) is 3.10. The van der Waals surface area contributed by atoms with Crippen LogP contribution in [0.2, 0.25) is 0 Å². The molecule has 0 atom stereocenters. The lowest BCUT2D eigenvalue weighted by Crippen LogP contribution is -2.38. The van der Waals surface area contributed by atoms with E-state index in [4.69, 9.17) is 4.74 Å². The van der Waals surface area contributed by atoms with Crippen LogP contribution >= 0.6 is 0 Å². The topological polar surface area (TPSA) is 89.7 Å². The van der Waals surface area contributed by atoms with Gasteiger partial charge in [-0.3, -0.25) is 4.79 Å². The van der Waals surface area contributed by atoms with E-state index in [0.717, 1.165) is 35.5 Å². The van der Waals surface area contributed by atoms with Crippen molar-refractivity contribution in [3.63, 3.8) is 0 Å². The van der Waals surface area contributed by atoms with E-state index < -0.39 is 5.97 Å². The first-order chi connectivity index (χ1) is 13.0. The molecular weight excluding hydrogens is 346 g/mol. The predicted molar refractivity (Wildman–Crippen MR) is 97.7 cm³/mol. The lowest BCUT2D eigenvalue weighted by molar-refractivity contribution is -0.121. The van der Waals surface area contributed by atoms with Gasteiger partial charge in [0, 0.05) is 23.6 Å². The predicted octanol–water partition coefficient (Wildman–Crippen LogP) is 1.88. The normalized spacial score (nSPS) is 13.5. The van der Waals surface area contributed by atoms with Gasteiger partial charge in [-0.05, 0) is 44.4 Å². The van der Waals surface area contributed by atoms with Gasteiger partial charge in [0.05, 0.1) is 0 Å². The smallest absolute Gasteiger partial charge is 0.378 e. The zero-order chi connectivity index (χ0) is 19.0. The summed E-state index contributed by atoms with van der Waals surface area (Å²) in [7, 11) is 0. The second kappa shape index (κ2) is 6.79. The molecule has 1 aliphatic rings. The fraction of sp³-hybridized carbons (Fsp3) is 0.316. The number of carbonyl (C=O) groups is 2. The van der Waals surface area contributed by atoms with Crippen molar-refractivity contribution in [3.8, 4) is 0 Å². The summed E-state index contributed by atoms with van der Waals surface area (Å²) in [6.07, 6.45) is 1.83. The molecule has 3 heterocycles. The number of carbonyl (C=O) groups excluding carboxylic acids is 2. The molecule has 138 valence electrons. The fourth-order valence-electron chi connectivity index (χ4n) is 3.32. The van der Waals surface area contributed by atoms with Gasteiger partial charge in [-0.2, -0.15) is 4.98 Å². The Bertz CT molecular complexity index is 1040. The Kier molecular flexibility index (Phi) is 4.31. The molecule has 1 aromatic carbocycles. The lowest BCUT2D eigenvalue weighted by atomic mass is 10.0. The molecule has 1 aliphatic heterocycles. The Labute approximate surface area is 155 Å². The number of esters is 1. The molecule has 0 fully saturated rings. The first-order valence-electron chi connectivity index (χ1n) is 8.79. The summed E-state index contributed by atoms with van der Waals surface area (Å²) in [5, 5.41) is 4.12. The number of ether oxygens (including phenoxy) is 1. The van der Waals surface area contributed by atoms with Crippen molar-refractivity contribution in [3.05, 3.63) is 53.1 Å². The van der Waals surface area contributed by atoms with Crippen LogP contribution in [0.5, 0.6) is 0 Å². The van der Waals surface area contributed by atoms with Crippen LogP contribution in [0.25, 0.3) is 5.78 Å². The van der Waals surface area contributed by atoms with Gasteiger partial charge in [-0.15, -0.1) is 5.10 Å². The second-order valence-corrected chi connectivity index (χ2v) is 6.54. The number of para-hydroxylation sites is 1. The average molecular weight is 365 g/mol. The third-order valence-corrected chi connectivity index (χ3v) is 4.54. The first kappa shape index (κ1) is 17.1. The van der Waals surface area contributed by atoms with E-state index in [9.17, 15) is 9.59 Å². The van der Waals surface area contributed by atoms with E-state index in [1.54, 1.807) is 4.90 Å². The molecule has 0 saturated carbocycles. The van der Waals surface area contributed by atoms with Crippen molar-refractivity contribution >= 4 is 23.3 Å². The molecule has 0 unspecified atom stereocenters. The van der Waals surface area contributed by atoms with Crippen molar-refractivity contribution in [1.29, 1.82) is 0 Å². The summed E-state index contributed by atoms with van der Waals surface area (Å²) >= 11 is 0. The van der Waals surface area contributed by atoms with E-state index >= 15 is 0 Å². The van der Waals surface area contributed by atoms with E-state index in [1.165, 1.54) is 4.52 Å². The molecule has 4 rings (SSSR count). The van der Waals surface area contributed by atoms with E-state index in [2.05, 4.69) is 15.1 Å². The Morgan fingerprint density at radius 3 is 2.85 bits per heavy atom. The maximum absolute atomic E-state index is 12.6. The summed E-state index contributed by atoms with van der Waals surface area (Å²) in [5.74, 6) is -0.778. The molecule has 0 spiro atoms. The van der Waals surface area contributed by atoms with E-state index in [1.807, 2.05) is 44.2 Å². The molecule has 8 nitrogen and oxygen atoms in total. The number of fused-ring (bicyclic) bond motifs is 2. The molecule has 0 saturated heterocycles. The third kappa shape index (κ3) is 3.25. The van der Waals surface area contributed by atoms with Crippen LogP contribution in [0.1, 0.15) is 34.0 Å². The maximum atomic E-state index is 12.6. The zero-order valence-electron chi connectivity index (χ0n) is 15.2. The molecule has 0 aliphatic carbocycles. The highest BCUT2D eigenvalue weighted by atomic mass is 16.5. The van der Waals surface area contributed by atoms with E-state index in [-0.39, 0.29) is 18.3 Å². The maximum Gasteiger partial charge on any atom is 0.378 e. The Morgan fingerprint density at radius 2 is 2.00 bits per heavy atom. The molecule has 2 aromatic heterocycles. The second-order valence-electron chi connectivity index (χ2n) is 6.54. The van der Waals surface area contributed by atoms with Gasteiger partial charge in [-0.1, -0.05) is 18.2 Å². The van der Waals surface area contributed by atoms with Crippen LogP contribution in [0.3, 0.4) is 0 Å². The van der Waals surface area contributed by atoms with Gasteiger partial charge >= 0.3 is 5.97 Å². The lowest BCUT2D eigenvalue weighted by Gasteiger charge is -2.29. The van der Waals surface area contributed by atoms with Crippen molar-refractivity contribution in [2.24, 2.45) is 0 Å². The molecular formula is C19H19N5O3. The highest BCUT2D eigenvalue weighted by Crippen LogP contribution is 2.26. The minimum atomic E-state index is -0.740. The van der Waals surface area contributed by atoms with Crippen molar-refractivity contribution < 1.29 is 14.3 Å². The zero-order valence-corrected chi connectivity index (χ0v) is 15.2. The van der Waals surface area contributed by atoms with Gasteiger partial charge in [0.1, 0.15) is 0 Å². The van der Waals surface area contributed by atoms with Crippen molar-refractivity contribution in [2.45, 2.75) is 26.7 Å². The number of rotatable bonds is 3. The number of anilines is 1. The van der Waals surface area contributed by atoms with E-state index in [0.29, 0.717) is 12.3 Å². The van der Waals surface area contributed by atoms with Crippen LogP contribution in [-0.4, -0.2) is 44.6 Å². The van der Waals surface area contributed by atoms with Crippen molar-refractivity contribution in [2.75, 3.05) is 18.1 Å². The number of hydrogen-bond donors (Lipinski definition) is 0. The summed E-state index contributed by atoms with van der Waals surface area (Å²) in [4.78, 5) is 34.8. The largest absolute Gasteiger partial charge is 0.450 e. The molecule has 0 radical (unpaired) electrons. The first-order valence-corrected chi connectivity index (χ1v) is 8.79. The SMILES string of the molecule is Cc1cc(C)n2nc(C(=O)OCC(=O)N3CCCc4ccccc43)nc2n1. The Morgan fingerprint density at radius 1 is 1.19 bits per heavy atom. The van der Waals surface area contributed by atoms with Gasteiger partial charge < -0.3 is 9.64 Å². The number of aryl methyl sites for hydroxylation is 3. The van der Waals surface area contributed by atoms with Crippen LogP contribution in [0, 0.1) is 13.8 Å². The molecule has 0 bridgehead atoms. The summed E-state index contributed by atoms with van der Waals surface area (Å²) in [5.41, 5.74) is 3.60. The highest BCUT2D eigenvalue weighted by molar-refractivity contribution is 5.97.